The van der Waals surface area contributed by atoms with E-state index in [1.807, 2.05) is 31.2 Å². The smallest absolute Gasteiger partial charge is 0.254 e. The summed E-state index contributed by atoms with van der Waals surface area (Å²) in [7, 11) is 0. The summed E-state index contributed by atoms with van der Waals surface area (Å²) in [6.45, 7) is 2.86. The molecule has 5 heteroatoms. The normalized spacial score (nSPS) is 10.2. The second-order valence-corrected chi connectivity index (χ2v) is 4.40. The molecule has 0 aliphatic heterocycles. The number of aromatic nitrogens is 1. The second kappa shape index (κ2) is 6.02. The highest BCUT2D eigenvalue weighted by Crippen LogP contribution is 2.21. The van der Waals surface area contributed by atoms with Gasteiger partial charge < -0.3 is 10.6 Å². The van der Waals surface area contributed by atoms with Gasteiger partial charge in [0.25, 0.3) is 5.91 Å². The van der Waals surface area contributed by atoms with Crippen molar-refractivity contribution >= 4 is 22.6 Å². The van der Waals surface area contributed by atoms with Gasteiger partial charge in [-0.25, -0.2) is 4.98 Å². The standard InChI is InChI=1S/C15H16N4O/c1-2-19(9-5-8-16)15(20)12-10-14(17)18-13-7-4-3-6-11(12)13/h3-4,6-7,10H,2,5,9H2,1H3,(H2,17,18). The molecule has 0 saturated carbocycles. The molecule has 0 atom stereocenters. The maximum absolute atomic E-state index is 12.6. The van der Waals surface area contributed by atoms with Gasteiger partial charge in [-0.15, -0.1) is 0 Å². The maximum Gasteiger partial charge on any atom is 0.254 e. The summed E-state index contributed by atoms with van der Waals surface area (Å²) in [6, 6.07) is 11.1. The highest BCUT2D eigenvalue weighted by atomic mass is 16.2. The molecule has 1 aromatic carbocycles. The van der Waals surface area contributed by atoms with Gasteiger partial charge in [0.05, 0.1) is 23.6 Å². The third-order valence-electron chi connectivity index (χ3n) is 3.13. The first-order valence-corrected chi connectivity index (χ1v) is 6.49. The molecule has 0 fully saturated rings. The van der Waals surface area contributed by atoms with E-state index < -0.39 is 0 Å². The number of carbonyl (C=O) groups excluding carboxylic acids is 1. The number of carbonyl (C=O) groups is 1. The van der Waals surface area contributed by atoms with Crippen LogP contribution in [0, 0.1) is 11.3 Å². The van der Waals surface area contributed by atoms with Gasteiger partial charge in [0.2, 0.25) is 0 Å². The van der Waals surface area contributed by atoms with Gasteiger partial charge in [-0.1, -0.05) is 18.2 Å². The predicted octanol–water partition coefficient (Wildman–Crippen LogP) is 2.19. The third-order valence-corrected chi connectivity index (χ3v) is 3.13. The van der Waals surface area contributed by atoms with Gasteiger partial charge in [0, 0.05) is 18.5 Å². The topological polar surface area (TPSA) is 83.0 Å². The number of nitrogens with two attached hydrogens (primary N) is 1. The number of nitrogen functional groups attached to an aromatic ring is 1. The average molecular weight is 268 g/mol. The Morgan fingerprint density at radius 1 is 1.45 bits per heavy atom. The Labute approximate surface area is 117 Å². The summed E-state index contributed by atoms with van der Waals surface area (Å²) < 4.78 is 0. The second-order valence-electron chi connectivity index (χ2n) is 4.40. The van der Waals surface area contributed by atoms with E-state index in [0.717, 1.165) is 5.39 Å². The first-order valence-electron chi connectivity index (χ1n) is 6.49. The molecule has 1 amide bonds. The van der Waals surface area contributed by atoms with E-state index >= 15 is 0 Å². The number of fused-ring (bicyclic) bond motifs is 1. The van der Waals surface area contributed by atoms with Crippen LogP contribution in [0.5, 0.6) is 0 Å². The van der Waals surface area contributed by atoms with E-state index in [4.69, 9.17) is 11.0 Å². The van der Waals surface area contributed by atoms with Crippen LogP contribution in [-0.4, -0.2) is 28.9 Å². The van der Waals surface area contributed by atoms with Crippen LogP contribution >= 0.6 is 0 Å². The zero-order valence-electron chi connectivity index (χ0n) is 11.3. The maximum atomic E-state index is 12.6. The highest BCUT2D eigenvalue weighted by molar-refractivity contribution is 6.06. The number of anilines is 1. The molecule has 0 unspecified atom stereocenters. The van der Waals surface area contributed by atoms with Crippen LogP contribution in [0.25, 0.3) is 10.9 Å². The monoisotopic (exact) mass is 268 g/mol. The molecule has 0 aliphatic carbocycles. The zero-order valence-corrected chi connectivity index (χ0v) is 11.3. The highest BCUT2D eigenvalue weighted by Gasteiger charge is 2.17. The Balaban J connectivity index is 2.46. The number of benzene rings is 1. The Morgan fingerprint density at radius 2 is 2.20 bits per heavy atom. The SMILES string of the molecule is CCN(CCC#N)C(=O)c1cc(N)nc2ccccc12. The molecule has 1 aromatic heterocycles. The molecule has 0 aliphatic rings. The Hall–Kier alpha value is -2.61. The van der Waals surface area contributed by atoms with Crippen LogP contribution in [0.3, 0.4) is 0 Å². The molecule has 0 radical (unpaired) electrons. The van der Waals surface area contributed by atoms with Crippen molar-refractivity contribution in [2.24, 2.45) is 0 Å². The lowest BCUT2D eigenvalue weighted by Gasteiger charge is -2.20. The number of para-hydroxylation sites is 1. The summed E-state index contributed by atoms with van der Waals surface area (Å²) in [5.74, 6) is 0.205. The molecular formula is C15H16N4O. The van der Waals surface area contributed by atoms with Gasteiger partial charge in [-0.3, -0.25) is 4.79 Å². The quantitative estimate of drug-likeness (QED) is 0.921. The number of nitriles is 1. The van der Waals surface area contributed by atoms with Gasteiger partial charge >= 0.3 is 0 Å². The van der Waals surface area contributed by atoms with Crippen LogP contribution in [0.15, 0.2) is 30.3 Å². The molecule has 1 heterocycles. The van der Waals surface area contributed by atoms with Crippen molar-refractivity contribution in [3.05, 3.63) is 35.9 Å². The van der Waals surface area contributed by atoms with Crippen molar-refractivity contribution in [2.75, 3.05) is 18.8 Å². The summed E-state index contributed by atoms with van der Waals surface area (Å²) in [5.41, 5.74) is 7.01. The fraction of sp³-hybridized carbons (Fsp3) is 0.267. The minimum absolute atomic E-state index is 0.118. The summed E-state index contributed by atoms with van der Waals surface area (Å²) in [4.78, 5) is 18.4. The molecule has 20 heavy (non-hydrogen) atoms. The minimum atomic E-state index is -0.118. The number of hydrogen-bond donors (Lipinski definition) is 1. The Bertz CT molecular complexity index is 675. The minimum Gasteiger partial charge on any atom is -0.384 e. The van der Waals surface area contributed by atoms with Gasteiger partial charge in [-0.2, -0.15) is 5.26 Å². The van der Waals surface area contributed by atoms with Crippen LogP contribution in [0.1, 0.15) is 23.7 Å². The lowest BCUT2D eigenvalue weighted by atomic mass is 10.1. The fourth-order valence-corrected chi connectivity index (χ4v) is 2.13. The first kappa shape index (κ1) is 13.8. The van der Waals surface area contributed by atoms with Crippen molar-refractivity contribution in [1.29, 1.82) is 5.26 Å². The molecule has 0 bridgehead atoms. The van der Waals surface area contributed by atoms with E-state index in [9.17, 15) is 4.79 Å². The predicted molar refractivity (Wildman–Crippen MR) is 78.0 cm³/mol. The Morgan fingerprint density at radius 3 is 2.90 bits per heavy atom. The van der Waals surface area contributed by atoms with Crippen molar-refractivity contribution in [3.63, 3.8) is 0 Å². The summed E-state index contributed by atoms with van der Waals surface area (Å²) in [6.07, 6.45) is 0.318. The van der Waals surface area contributed by atoms with E-state index in [0.29, 0.717) is 36.4 Å². The first-order chi connectivity index (χ1) is 9.67. The fourth-order valence-electron chi connectivity index (χ4n) is 2.13. The molecular weight excluding hydrogens is 252 g/mol. The summed E-state index contributed by atoms with van der Waals surface area (Å²) in [5, 5.41) is 9.44. The molecule has 2 rings (SSSR count). The number of amides is 1. The van der Waals surface area contributed by atoms with Gasteiger partial charge in [-0.05, 0) is 19.1 Å². The summed E-state index contributed by atoms with van der Waals surface area (Å²) >= 11 is 0. The van der Waals surface area contributed by atoms with Crippen molar-refractivity contribution < 1.29 is 4.79 Å². The van der Waals surface area contributed by atoms with E-state index in [1.165, 1.54) is 0 Å². The van der Waals surface area contributed by atoms with Crippen molar-refractivity contribution in [3.8, 4) is 6.07 Å². The van der Waals surface area contributed by atoms with Gasteiger partial charge in [0.15, 0.2) is 0 Å². The number of hydrogen-bond acceptors (Lipinski definition) is 4. The van der Waals surface area contributed by atoms with Crippen LogP contribution in [0.4, 0.5) is 5.82 Å². The van der Waals surface area contributed by atoms with Crippen LogP contribution in [0.2, 0.25) is 0 Å². The number of pyridine rings is 1. The van der Waals surface area contributed by atoms with Gasteiger partial charge in [0.1, 0.15) is 5.82 Å². The Kier molecular flexibility index (Phi) is 4.16. The van der Waals surface area contributed by atoms with Crippen LogP contribution in [-0.2, 0) is 0 Å². The third kappa shape index (κ3) is 2.69. The average Bonchev–Trinajstić information content (AvgIpc) is 2.46. The molecule has 0 saturated heterocycles. The number of nitrogens with zero attached hydrogens (tertiary/aromatic N) is 3. The van der Waals surface area contributed by atoms with E-state index in [2.05, 4.69) is 11.1 Å². The molecule has 102 valence electrons. The molecule has 5 nitrogen and oxygen atoms in total. The van der Waals surface area contributed by atoms with E-state index in [1.54, 1.807) is 11.0 Å². The largest absolute Gasteiger partial charge is 0.384 e. The zero-order chi connectivity index (χ0) is 14.5. The molecule has 2 aromatic rings. The van der Waals surface area contributed by atoms with Crippen molar-refractivity contribution in [2.45, 2.75) is 13.3 Å². The molecule has 0 spiro atoms. The molecule has 2 N–H and O–H groups in total. The lowest BCUT2D eigenvalue weighted by molar-refractivity contribution is 0.0770. The van der Waals surface area contributed by atoms with Crippen LogP contribution < -0.4 is 5.73 Å². The number of rotatable bonds is 4. The van der Waals surface area contributed by atoms with Crippen molar-refractivity contribution in [1.82, 2.24) is 9.88 Å². The van der Waals surface area contributed by atoms with E-state index in [-0.39, 0.29) is 5.91 Å². The lowest BCUT2D eigenvalue weighted by Crippen LogP contribution is -2.31.